The van der Waals surface area contributed by atoms with Crippen LogP contribution >= 0.6 is 0 Å². The van der Waals surface area contributed by atoms with Crippen LogP contribution in [0.4, 0.5) is 0 Å². The summed E-state index contributed by atoms with van der Waals surface area (Å²) >= 11 is 0. The lowest BCUT2D eigenvalue weighted by molar-refractivity contribution is -0.139. The number of rotatable bonds is 1. The highest BCUT2D eigenvalue weighted by atomic mass is 16.3. The van der Waals surface area contributed by atoms with Crippen LogP contribution in [-0.4, -0.2) is 48.2 Å². The van der Waals surface area contributed by atoms with E-state index in [9.17, 15) is 9.90 Å². The molecule has 80 valence electrons. The van der Waals surface area contributed by atoms with E-state index in [-0.39, 0.29) is 17.4 Å². The Labute approximate surface area is 84.3 Å². The minimum Gasteiger partial charge on any atom is -0.391 e. The number of aliphatic hydroxyl groups excluding tert-OH is 1. The maximum absolute atomic E-state index is 12.1. The van der Waals surface area contributed by atoms with Crippen molar-refractivity contribution in [3.05, 3.63) is 0 Å². The molecule has 1 unspecified atom stereocenters. The van der Waals surface area contributed by atoms with Gasteiger partial charge in [0.15, 0.2) is 0 Å². The summed E-state index contributed by atoms with van der Waals surface area (Å²) in [7, 11) is 0. The fraction of sp³-hybridized carbons (Fsp3) is 0.900. The molecule has 2 N–H and O–H groups in total. The maximum atomic E-state index is 12.1. The van der Waals surface area contributed by atoms with Gasteiger partial charge in [0.05, 0.1) is 11.5 Å². The zero-order valence-electron chi connectivity index (χ0n) is 8.62. The van der Waals surface area contributed by atoms with Crippen molar-refractivity contribution < 1.29 is 9.90 Å². The first-order valence-corrected chi connectivity index (χ1v) is 5.30. The second kappa shape index (κ2) is 3.51. The van der Waals surface area contributed by atoms with Crippen molar-refractivity contribution >= 4 is 5.91 Å². The smallest absolute Gasteiger partial charge is 0.229 e. The molecule has 2 aliphatic rings. The predicted octanol–water partition coefficient (Wildman–Crippen LogP) is -0.421. The number of amides is 1. The first kappa shape index (κ1) is 9.93. The van der Waals surface area contributed by atoms with Crippen molar-refractivity contribution in [1.82, 2.24) is 10.2 Å². The van der Waals surface area contributed by atoms with Crippen molar-refractivity contribution in [2.24, 2.45) is 5.41 Å². The normalized spacial score (nSPS) is 37.9. The molecule has 2 atom stereocenters. The quantitative estimate of drug-likeness (QED) is 0.601. The molecular weight excluding hydrogens is 180 g/mol. The van der Waals surface area contributed by atoms with Gasteiger partial charge in [-0.1, -0.05) is 0 Å². The van der Waals surface area contributed by atoms with Gasteiger partial charge >= 0.3 is 0 Å². The summed E-state index contributed by atoms with van der Waals surface area (Å²) in [4.78, 5) is 13.9. The predicted molar refractivity (Wildman–Crippen MR) is 52.8 cm³/mol. The van der Waals surface area contributed by atoms with Crippen LogP contribution < -0.4 is 5.32 Å². The highest BCUT2D eigenvalue weighted by Gasteiger charge is 2.40. The number of carbonyl (C=O) groups excluding carboxylic acids is 1. The van der Waals surface area contributed by atoms with Crippen LogP contribution in [0.15, 0.2) is 0 Å². The maximum Gasteiger partial charge on any atom is 0.229 e. The van der Waals surface area contributed by atoms with Gasteiger partial charge in [0.2, 0.25) is 5.91 Å². The summed E-state index contributed by atoms with van der Waals surface area (Å²) in [5, 5.41) is 12.6. The summed E-state index contributed by atoms with van der Waals surface area (Å²) in [5.41, 5.74) is -0.232. The average Bonchev–Trinajstić information content (AvgIpc) is 2.74. The fourth-order valence-electron chi connectivity index (χ4n) is 2.31. The summed E-state index contributed by atoms with van der Waals surface area (Å²) in [6.45, 7) is 4.96. The minimum atomic E-state index is -0.308. The number of aliphatic hydroxyl groups is 1. The molecule has 0 bridgehead atoms. The number of β-amino-alcohol motifs (C(OH)–C–C–N with tert-alkyl or cyclic N) is 1. The Morgan fingerprint density at radius 2 is 2.43 bits per heavy atom. The Kier molecular flexibility index (Phi) is 2.49. The Hall–Kier alpha value is -0.610. The highest BCUT2D eigenvalue weighted by Crippen LogP contribution is 2.28. The standard InChI is InChI=1S/C10H18N2O2/c1-10(3-4-11-7-10)9(14)12-5-2-8(13)6-12/h8,11,13H,2-7H2,1H3/t8-,10?/m1/s1. The molecule has 2 aliphatic heterocycles. The van der Waals surface area contributed by atoms with Crippen LogP contribution in [0.2, 0.25) is 0 Å². The molecule has 2 saturated heterocycles. The number of nitrogens with zero attached hydrogens (tertiary/aromatic N) is 1. The third-order valence-electron chi connectivity index (χ3n) is 3.34. The monoisotopic (exact) mass is 198 g/mol. The third-order valence-corrected chi connectivity index (χ3v) is 3.34. The number of hydrogen-bond donors (Lipinski definition) is 2. The first-order valence-electron chi connectivity index (χ1n) is 5.30. The lowest BCUT2D eigenvalue weighted by Crippen LogP contribution is -2.42. The van der Waals surface area contributed by atoms with Crippen LogP contribution in [0.1, 0.15) is 19.8 Å². The third kappa shape index (κ3) is 1.64. The van der Waals surface area contributed by atoms with Gasteiger partial charge in [0.25, 0.3) is 0 Å². The second-order valence-corrected chi connectivity index (χ2v) is 4.68. The first-order chi connectivity index (χ1) is 6.62. The van der Waals surface area contributed by atoms with Crippen LogP contribution in [0.5, 0.6) is 0 Å². The Morgan fingerprint density at radius 3 is 2.93 bits per heavy atom. The van der Waals surface area contributed by atoms with Gasteiger partial charge in [-0.05, 0) is 26.3 Å². The van der Waals surface area contributed by atoms with Crippen LogP contribution in [-0.2, 0) is 4.79 Å². The minimum absolute atomic E-state index is 0.207. The number of carbonyl (C=O) groups is 1. The van der Waals surface area contributed by atoms with E-state index < -0.39 is 0 Å². The lowest BCUT2D eigenvalue weighted by atomic mass is 9.88. The van der Waals surface area contributed by atoms with Gasteiger partial charge in [-0.15, -0.1) is 0 Å². The fourth-order valence-corrected chi connectivity index (χ4v) is 2.31. The summed E-state index contributed by atoms with van der Waals surface area (Å²) < 4.78 is 0. The van der Waals surface area contributed by atoms with Crippen molar-refractivity contribution in [2.75, 3.05) is 26.2 Å². The number of likely N-dealkylation sites (tertiary alicyclic amines) is 1. The average molecular weight is 198 g/mol. The van der Waals surface area contributed by atoms with Gasteiger partial charge in [0.1, 0.15) is 0 Å². The molecule has 2 heterocycles. The summed E-state index contributed by atoms with van der Waals surface area (Å²) in [6.07, 6.45) is 1.34. The molecule has 0 spiro atoms. The largest absolute Gasteiger partial charge is 0.391 e. The lowest BCUT2D eigenvalue weighted by Gasteiger charge is -2.27. The molecule has 0 aliphatic carbocycles. The van der Waals surface area contributed by atoms with E-state index in [2.05, 4.69) is 5.32 Å². The zero-order valence-corrected chi connectivity index (χ0v) is 8.62. The van der Waals surface area contributed by atoms with E-state index >= 15 is 0 Å². The van der Waals surface area contributed by atoms with Gasteiger partial charge < -0.3 is 15.3 Å². The van der Waals surface area contributed by atoms with Crippen molar-refractivity contribution in [3.8, 4) is 0 Å². The SMILES string of the molecule is CC1(C(=O)N2CC[C@@H](O)C2)CCNC1. The van der Waals surface area contributed by atoms with Crippen LogP contribution in [0, 0.1) is 5.41 Å². The van der Waals surface area contributed by atoms with E-state index in [0.717, 1.165) is 32.5 Å². The Morgan fingerprint density at radius 1 is 1.64 bits per heavy atom. The van der Waals surface area contributed by atoms with Gasteiger partial charge in [-0.3, -0.25) is 4.79 Å². The molecule has 1 amide bonds. The topological polar surface area (TPSA) is 52.6 Å². The molecule has 0 radical (unpaired) electrons. The Bertz CT molecular complexity index is 236. The van der Waals surface area contributed by atoms with Crippen molar-refractivity contribution in [2.45, 2.75) is 25.9 Å². The van der Waals surface area contributed by atoms with Gasteiger partial charge in [0, 0.05) is 19.6 Å². The highest BCUT2D eigenvalue weighted by molar-refractivity contribution is 5.83. The van der Waals surface area contributed by atoms with Crippen molar-refractivity contribution in [1.29, 1.82) is 0 Å². The number of nitrogens with one attached hydrogen (secondary N) is 1. The molecule has 4 nitrogen and oxygen atoms in total. The number of hydrogen-bond acceptors (Lipinski definition) is 3. The van der Waals surface area contributed by atoms with Crippen LogP contribution in [0.25, 0.3) is 0 Å². The van der Waals surface area contributed by atoms with E-state index in [0.29, 0.717) is 6.54 Å². The molecule has 0 aromatic carbocycles. The molecule has 0 aromatic heterocycles. The molecule has 2 fully saturated rings. The van der Waals surface area contributed by atoms with E-state index in [4.69, 9.17) is 0 Å². The van der Waals surface area contributed by atoms with Gasteiger partial charge in [-0.25, -0.2) is 0 Å². The van der Waals surface area contributed by atoms with Crippen LogP contribution in [0.3, 0.4) is 0 Å². The Balaban J connectivity index is 2.00. The molecule has 14 heavy (non-hydrogen) atoms. The van der Waals surface area contributed by atoms with Crippen molar-refractivity contribution in [3.63, 3.8) is 0 Å². The molecule has 2 rings (SSSR count). The summed E-state index contributed by atoms with van der Waals surface area (Å²) in [6, 6.07) is 0. The zero-order chi connectivity index (χ0) is 10.2. The molecule has 0 saturated carbocycles. The molecule has 4 heteroatoms. The van der Waals surface area contributed by atoms with E-state index in [1.807, 2.05) is 6.92 Å². The van der Waals surface area contributed by atoms with E-state index in [1.165, 1.54) is 0 Å². The molecule has 0 aromatic rings. The molecular formula is C10H18N2O2. The second-order valence-electron chi connectivity index (χ2n) is 4.68. The summed E-state index contributed by atoms with van der Waals surface area (Å²) in [5.74, 6) is 0.207. The van der Waals surface area contributed by atoms with Gasteiger partial charge in [-0.2, -0.15) is 0 Å². The van der Waals surface area contributed by atoms with E-state index in [1.54, 1.807) is 4.90 Å².